The SMILES string of the molecule is C#CC(O)c1cccc2ccncc12. The smallest absolute Gasteiger partial charge is 0.140 e. The molecule has 2 heteroatoms. The number of pyridine rings is 1. The molecule has 0 spiro atoms. The van der Waals surface area contributed by atoms with Gasteiger partial charge >= 0.3 is 0 Å². The molecule has 2 rings (SSSR count). The summed E-state index contributed by atoms with van der Waals surface area (Å²) in [5, 5.41) is 11.5. The van der Waals surface area contributed by atoms with Gasteiger partial charge in [-0.25, -0.2) is 0 Å². The van der Waals surface area contributed by atoms with Crippen LogP contribution < -0.4 is 0 Å². The van der Waals surface area contributed by atoms with E-state index in [0.29, 0.717) is 0 Å². The zero-order chi connectivity index (χ0) is 9.97. The van der Waals surface area contributed by atoms with Crippen molar-refractivity contribution in [1.29, 1.82) is 0 Å². The van der Waals surface area contributed by atoms with E-state index >= 15 is 0 Å². The molecule has 2 nitrogen and oxygen atoms in total. The molecule has 0 saturated carbocycles. The first kappa shape index (κ1) is 8.74. The molecule has 1 N–H and O–H groups in total. The fourth-order valence-corrected chi connectivity index (χ4v) is 1.47. The Balaban J connectivity index is 2.72. The predicted molar refractivity (Wildman–Crippen MR) is 55.5 cm³/mol. The first-order valence-corrected chi connectivity index (χ1v) is 4.30. The molecule has 0 aliphatic carbocycles. The standard InChI is InChI=1S/C12H9NO/c1-2-12(14)10-5-3-4-9-6-7-13-8-11(9)10/h1,3-8,12,14H. The topological polar surface area (TPSA) is 33.1 Å². The third-order valence-corrected chi connectivity index (χ3v) is 2.17. The van der Waals surface area contributed by atoms with Gasteiger partial charge in [-0.15, -0.1) is 6.42 Å². The maximum absolute atomic E-state index is 9.56. The Labute approximate surface area is 82.2 Å². The van der Waals surface area contributed by atoms with E-state index < -0.39 is 6.10 Å². The Hall–Kier alpha value is -1.85. The van der Waals surface area contributed by atoms with Crippen molar-refractivity contribution >= 4 is 10.8 Å². The van der Waals surface area contributed by atoms with Crippen LogP contribution >= 0.6 is 0 Å². The van der Waals surface area contributed by atoms with Gasteiger partial charge in [-0.3, -0.25) is 4.98 Å². The Morgan fingerprint density at radius 1 is 1.36 bits per heavy atom. The largest absolute Gasteiger partial charge is 0.376 e. The van der Waals surface area contributed by atoms with Crippen LogP contribution in [0.3, 0.4) is 0 Å². The van der Waals surface area contributed by atoms with Gasteiger partial charge in [0.2, 0.25) is 0 Å². The van der Waals surface area contributed by atoms with Crippen molar-refractivity contribution in [1.82, 2.24) is 4.98 Å². The molecule has 0 radical (unpaired) electrons. The van der Waals surface area contributed by atoms with Crippen LogP contribution in [-0.4, -0.2) is 10.1 Å². The van der Waals surface area contributed by atoms with Crippen LogP contribution in [0.2, 0.25) is 0 Å². The monoisotopic (exact) mass is 183 g/mol. The summed E-state index contributed by atoms with van der Waals surface area (Å²) in [4.78, 5) is 4.01. The van der Waals surface area contributed by atoms with E-state index in [1.165, 1.54) is 0 Å². The molecule has 0 amide bonds. The van der Waals surface area contributed by atoms with Crippen LogP contribution in [0.1, 0.15) is 11.7 Å². The van der Waals surface area contributed by atoms with Crippen molar-refractivity contribution < 1.29 is 5.11 Å². The Morgan fingerprint density at radius 2 is 2.21 bits per heavy atom. The molecule has 0 saturated heterocycles. The van der Waals surface area contributed by atoms with Gasteiger partial charge in [-0.2, -0.15) is 0 Å². The molecule has 0 fully saturated rings. The summed E-state index contributed by atoms with van der Waals surface area (Å²) in [5.41, 5.74) is 0.734. The van der Waals surface area contributed by atoms with E-state index in [2.05, 4.69) is 10.9 Å². The third kappa shape index (κ3) is 1.34. The van der Waals surface area contributed by atoms with Gasteiger partial charge in [0.05, 0.1) is 0 Å². The average molecular weight is 183 g/mol. The van der Waals surface area contributed by atoms with E-state index in [0.717, 1.165) is 16.3 Å². The second-order valence-corrected chi connectivity index (χ2v) is 3.01. The highest BCUT2D eigenvalue weighted by atomic mass is 16.3. The molecule has 0 aliphatic rings. The minimum atomic E-state index is -0.858. The van der Waals surface area contributed by atoms with Crippen molar-refractivity contribution in [3.63, 3.8) is 0 Å². The fraction of sp³-hybridized carbons (Fsp3) is 0.0833. The number of aliphatic hydroxyl groups is 1. The minimum Gasteiger partial charge on any atom is -0.376 e. The molecule has 0 bridgehead atoms. The second kappa shape index (κ2) is 3.49. The lowest BCUT2D eigenvalue weighted by Gasteiger charge is -2.07. The average Bonchev–Trinajstić information content (AvgIpc) is 2.27. The Morgan fingerprint density at radius 3 is 3.00 bits per heavy atom. The van der Waals surface area contributed by atoms with Gasteiger partial charge in [0.1, 0.15) is 6.10 Å². The van der Waals surface area contributed by atoms with E-state index in [1.54, 1.807) is 12.4 Å². The molecule has 1 atom stereocenters. The summed E-state index contributed by atoms with van der Waals surface area (Å²) in [6.45, 7) is 0. The molecule has 0 aliphatic heterocycles. The Bertz CT molecular complexity index is 494. The van der Waals surface area contributed by atoms with Gasteiger partial charge < -0.3 is 5.11 Å². The van der Waals surface area contributed by atoms with Gasteiger partial charge in [0, 0.05) is 23.3 Å². The van der Waals surface area contributed by atoms with Gasteiger partial charge in [-0.1, -0.05) is 24.1 Å². The van der Waals surface area contributed by atoms with Crippen LogP contribution in [0.4, 0.5) is 0 Å². The van der Waals surface area contributed by atoms with Crippen LogP contribution in [-0.2, 0) is 0 Å². The number of aromatic nitrogens is 1. The highest BCUT2D eigenvalue weighted by Gasteiger charge is 2.07. The normalized spacial score (nSPS) is 12.3. The highest BCUT2D eigenvalue weighted by Crippen LogP contribution is 2.22. The quantitative estimate of drug-likeness (QED) is 0.685. The van der Waals surface area contributed by atoms with E-state index in [1.807, 2.05) is 24.3 Å². The summed E-state index contributed by atoms with van der Waals surface area (Å²) in [6, 6.07) is 7.54. The number of fused-ring (bicyclic) bond motifs is 1. The van der Waals surface area contributed by atoms with Crippen molar-refractivity contribution in [2.75, 3.05) is 0 Å². The van der Waals surface area contributed by atoms with Crippen LogP contribution in [0.25, 0.3) is 10.8 Å². The van der Waals surface area contributed by atoms with Gasteiger partial charge in [-0.05, 0) is 11.5 Å². The summed E-state index contributed by atoms with van der Waals surface area (Å²) in [5.74, 6) is 2.30. The van der Waals surface area contributed by atoms with Gasteiger partial charge in [0.25, 0.3) is 0 Å². The lowest BCUT2D eigenvalue weighted by Crippen LogP contribution is -1.94. The van der Waals surface area contributed by atoms with Gasteiger partial charge in [0.15, 0.2) is 0 Å². The summed E-state index contributed by atoms with van der Waals surface area (Å²) in [7, 11) is 0. The van der Waals surface area contributed by atoms with E-state index in [-0.39, 0.29) is 0 Å². The zero-order valence-electron chi connectivity index (χ0n) is 7.51. The zero-order valence-corrected chi connectivity index (χ0v) is 7.51. The van der Waals surface area contributed by atoms with Crippen molar-refractivity contribution in [2.45, 2.75) is 6.10 Å². The predicted octanol–water partition coefficient (Wildman–Crippen LogP) is 1.90. The van der Waals surface area contributed by atoms with Crippen molar-refractivity contribution in [3.05, 3.63) is 42.2 Å². The maximum atomic E-state index is 9.56. The fourth-order valence-electron chi connectivity index (χ4n) is 1.47. The van der Waals surface area contributed by atoms with Crippen LogP contribution in [0.15, 0.2) is 36.7 Å². The molecular weight excluding hydrogens is 174 g/mol. The maximum Gasteiger partial charge on any atom is 0.140 e. The number of hydrogen-bond donors (Lipinski definition) is 1. The number of hydrogen-bond acceptors (Lipinski definition) is 2. The third-order valence-electron chi connectivity index (χ3n) is 2.17. The lowest BCUT2D eigenvalue weighted by atomic mass is 10.0. The summed E-state index contributed by atoms with van der Waals surface area (Å²) < 4.78 is 0. The number of aliphatic hydroxyl groups excluding tert-OH is 1. The number of terminal acetylenes is 1. The Kier molecular flexibility index (Phi) is 2.18. The van der Waals surface area contributed by atoms with Crippen molar-refractivity contribution in [3.8, 4) is 12.3 Å². The first-order valence-electron chi connectivity index (χ1n) is 4.30. The molecule has 1 heterocycles. The molecular formula is C12H9NO. The van der Waals surface area contributed by atoms with Crippen LogP contribution in [0.5, 0.6) is 0 Å². The minimum absolute atomic E-state index is 0.734. The highest BCUT2D eigenvalue weighted by molar-refractivity contribution is 5.85. The molecule has 1 aromatic heterocycles. The summed E-state index contributed by atoms with van der Waals surface area (Å²) >= 11 is 0. The number of nitrogens with zero attached hydrogens (tertiary/aromatic N) is 1. The van der Waals surface area contributed by atoms with Crippen molar-refractivity contribution in [2.24, 2.45) is 0 Å². The molecule has 1 aromatic carbocycles. The lowest BCUT2D eigenvalue weighted by molar-refractivity contribution is 0.240. The first-order chi connectivity index (χ1) is 6.83. The second-order valence-electron chi connectivity index (χ2n) is 3.01. The molecule has 68 valence electrons. The van der Waals surface area contributed by atoms with E-state index in [4.69, 9.17) is 6.42 Å². The van der Waals surface area contributed by atoms with E-state index in [9.17, 15) is 5.11 Å². The number of benzene rings is 1. The number of rotatable bonds is 1. The molecule has 1 unspecified atom stereocenters. The summed E-state index contributed by atoms with van der Waals surface area (Å²) in [6.07, 6.45) is 7.75. The molecule has 14 heavy (non-hydrogen) atoms. The molecule has 2 aromatic rings. The van der Waals surface area contributed by atoms with Crippen LogP contribution in [0, 0.1) is 12.3 Å².